The van der Waals surface area contributed by atoms with E-state index in [4.69, 9.17) is 9.47 Å². The zero-order valence-electron chi connectivity index (χ0n) is 21.4. The summed E-state index contributed by atoms with van der Waals surface area (Å²) in [5.41, 5.74) is -3.93. The first kappa shape index (κ1) is 27.7. The summed E-state index contributed by atoms with van der Waals surface area (Å²) in [6.07, 6.45) is -5.91. The van der Waals surface area contributed by atoms with Crippen LogP contribution in [0.5, 0.6) is 0 Å². The molecular formula is C26H42O11. The molecule has 0 unspecified atom stereocenters. The first-order chi connectivity index (χ1) is 17.2. The number of ether oxygens (including phenoxy) is 2. The number of hydrogen-bond donors (Lipinski definition) is 8. The van der Waals surface area contributed by atoms with E-state index in [1.807, 2.05) is 6.92 Å². The van der Waals surface area contributed by atoms with Gasteiger partial charge in [-0.25, -0.2) is 0 Å². The van der Waals surface area contributed by atoms with Crippen molar-refractivity contribution in [2.75, 3.05) is 13.2 Å². The molecular weight excluding hydrogens is 488 g/mol. The normalized spacial score (nSPS) is 57.4. The Morgan fingerprint density at radius 3 is 2.35 bits per heavy atom. The molecule has 2 bridgehead atoms. The number of aliphatic carboxylic acids is 1. The van der Waals surface area contributed by atoms with Crippen molar-refractivity contribution in [3.05, 3.63) is 0 Å². The van der Waals surface area contributed by atoms with E-state index in [9.17, 15) is 45.6 Å². The van der Waals surface area contributed by atoms with Gasteiger partial charge in [-0.15, -0.1) is 0 Å². The highest BCUT2D eigenvalue weighted by Crippen LogP contribution is 2.72. The molecule has 8 N–H and O–H groups in total. The predicted octanol–water partition coefficient (Wildman–Crippen LogP) is -1.03. The number of rotatable bonds is 5. The van der Waals surface area contributed by atoms with E-state index >= 15 is 0 Å². The van der Waals surface area contributed by atoms with Crippen molar-refractivity contribution in [1.82, 2.24) is 0 Å². The van der Waals surface area contributed by atoms with Crippen LogP contribution < -0.4 is 0 Å². The Morgan fingerprint density at radius 2 is 1.70 bits per heavy atom. The summed E-state index contributed by atoms with van der Waals surface area (Å²) >= 11 is 0. The minimum absolute atomic E-state index is 0.0973. The quantitative estimate of drug-likeness (QED) is 0.216. The monoisotopic (exact) mass is 530 g/mol. The van der Waals surface area contributed by atoms with Gasteiger partial charge in [-0.2, -0.15) is 0 Å². The fourth-order valence-electron chi connectivity index (χ4n) is 9.54. The van der Waals surface area contributed by atoms with Gasteiger partial charge in [-0.05, 0) is 62.7 Å². The molecule has 4 saturated carbocycles. The Balaban J connectivity index is 1.40. The molecule has 5 aliphatic rings. The van der Waals surface area contributed by atoms with Gasteiger partial charge in [0.1, 0.15) is 24.4 Å². The SMILES string of the molecule is C[C@@]12CCC[C@@](C)(C(=O)O)[C@H]1[C@H](O)[C@H](O)[C@@]13C[C@@H](CC[C@@H]21)[C@](O)(CO[C@@H]1O[C@H](CO)[C@@H](O)[C@H](O)[C@H]1O)C3. The molecule has 1 aliphatic heterocycles. The van der Waals surface area contributed by atoms with Gasteiger partial charge in [0.05, 0.1) is 36.4 Å². The summed E-state index contributed by atoms with van der Waals surface area (Å²) < 4.78 is 11.2. The van der Waals surface area contributed by atoms with Gasteiger partial charge < -0.3 is 50.3 Å². The van der Waals surface area contributed by atoms with E-state index in [0.29, 0.717) is 32.1 Å². The molecule has 1 heterocycles. The molecule has 1 spiro atoms. The maximum Gasteiger partial charge on any atom is 0.309 e. The number of carbonyl (C=O) groups is 1. The molecule has 14 atom stereocenters. The lowest BCUT2D eigenvalue weighted by Gasteiger charge is -2.66. The molecule has 0 aromatic carbocycles. The lowest BCUT2D eigenvalue weighted by atomic mass is 9.39. The summed E-state index contributed by atoms with van der Waals surface area (Å²) in [5.74, 6) is -1.94. The Bertz CT molecular complexity index is 900. The molecule has 0 aromatic heterocycles. The molecule has 37 heavy (non-hydrogen) atoms. The zero-order valence-corrected chi connectivity index (χ0v) is 21.4. The number of hydrogen-bond acceptors (Lipinski definition) is 10. The summed E-state index contributed by atoms with van der Waals surface area (Å²) in [4.78, 5) is 12.4. The number of aliphatic hydroxyl groups excluding tert-OH is 6. The van der Waals surface area contributed by atoms with Crippen LogP contribution in [-0.4, -0.2) is 109 Å². The summed E-state index contributed by atoms with van der Waals surface area (Å²) in [6, 6.07) is 0. The summed E-state index contributed by atoms with van der Waals surface area (Å²) in [6.45, 7) is 2.85. The lowest BCUT2D eigenvalue weighted by Crippen LogP contribution is -2.69. The van der Waals surface area contributed by atoms with Crippen LogP contribution in [0.2, 0.25) is 0 Å². The number of aliphatic hydroxyl groups is 7. The number of carboxylic acids is 1. The largest absolute Gasteiger partial charge is 0.481 e. The van der Waals surface area contributed by atoms with Crippen molar-refractivity contribution < 1.29 is 55.1 Å². The Morgan fingerprint density at radius 1 is 1.00 bits per heavy atom. The second-order valence-corrected chi connectivity index (χ2v) is 13.0. The predicted molar refractivity (Wildman–Crippen MR) is 126 cm³/mol. The smallest absolute Gasteiger partial charge is 0.309 e. The van der Waals surface area contributed by atoms with Crippen LogP contribution in [0, 0.1) is 34.0 Å². The maximum atomic E-state index is 12.4. The Kier molecular flexibility index (Phi) is 6.78. The van der Waals surface area contributed by atoms with Gasteiger partial charge in [0.25, 0.3) is 0 Å². The fraction of sp³-hybridized carbons (Fsp3) is 0.962. The second-order valence-electron chi connectivity index (χ2n) is 13.0. The Labute approximate surface area is 216 Å². The summed E-state index contributed by atoms with van der Waals surface area (Å²) in [7, 11) is 0. The first-order valence-electron chi connectivity index (χ1n) is 13.5. The molecule has 11 heteroatoms. The average Bonchev–Trinajstić information content (AvgIpc) is 3.07. The topological polar surface area (TPSA) is 197 Å². The van der Waals surface area contributed by atoms with E-state index in [1.54, 1.807) is 6.92 Å². The van der Waals surface area contributed by atoms with Crippen LogP contribution >= 0.6 is 0 Å². The van der Waals surface area contributed by atoms with Crippen LogP contribution in [0.1, 0.15) is 58.8 Å². The minimum Gasteiger partial charge on any atom is -0.481 e. The van der Waals surface area contributed by atoms with Gasteiger partial charge >= 0.3 is 5.97 Å². The second kappa shape index (κ2) is 9.07. The van der Waals surface area contributed by atoms with Crippen LogP contribution in [0.25, 0.3) is 0 Å². The van der Waals surface area contributed by atoms with Crippen molar-refractivity contribution in [1.29, 1.82) is 0 Å². The molecule has 0 amide bonds. The minimum atomic E-state index is -1.60. The number of carboxylic acid groups (broad SMARTS) is 1. The van der Waals surface area contributed by atoms with E-state index in [-0.39, 0.29) is 24.9 Å². The van der Waals surface area contributed by atoms with Crippen molar-refractivity contribution >= 4 is 5.97 Å². The number of fused-ring (bicyclic) bond motifs is 3. The van der Waals surface area contributed by atoms with E-state index in [2.05, 4.69) is 0 Å². The molecule has 0 radical (unpaired) electrons. The molecule has 11 nitrogen and oxygen atoms in total. The third-order valence-corrected chi connectivity index (χ3v) is 11.2. The highest BCUT2D eigenvalue weighted by atomic mass is 16.7. The van der Waals surface area contributed by atoms with Crippen molar-refractivity contribution in [3.8, 4) is 0 Å². The highest BCUT2D eigenvalue weighted by Gasteiger charge is 2.74. The highest BCUT2D eigenvalue weighted by molar-refractivity contribution is 5.75. The van der Waals surface area contributed by atoms with E-state index < -0.39 is 83.3 Å². The average molecular weight is 531 g/mol. The molecule has 5 fully saturated rings. The molecule has 0 aromatic rings. The van der Waals surface area contributed by atoms with Crippen molar-refractivity contribution in [3.63, 3.8) is 0 Å². The van der Waals surface area contributed by atoms with Gasteiger partial charge in [-0.3, -0.25) is 4.79 Å². The standard InChI is InChI=1S/C26H42O11/c1-23-6-3-7-24(2,22(33)34)19(23)18(31)20(32)25-8-12(4-5-14(23)25)26(35,10-25)11-36-21-17(30)16(29)15(28)13(9-27)37-21/h12-21,27-32,35H,3-11H2,1-2H3,(H,33,34)/t12-,13-,14+,15-,16+,17-,18+,19+,20+,21-,23+,24-,25-,26-/m1/s1. The van der Waals surface area contributed by atoms with Crippen LogP contribution in [-0.2, 0) is 14.3 Å². The summed E-state index contributed by atoms with van der Waals surface area (Å²) in [5, 5.41) is 84.9. The van der Waals surface area contributed by atoms with Crippen molar-refractivity contribution in [2.45, 2.75) is 107 Å². The van der Waals surface area contributed by atoms with E-state index in [0.717, 1.165) is 6.42 Å². The van der Waals surface area contributed by atoms with Gasteiger partial charge in [0.2, 0.25) is 0 Å². The van der Waals surface area contributed by atoms with Gasteiger partial charge in [0, 0.05) is 11.3 Å². The molecule has 1 saturated heterocycles. The third-order valence-electron chi connectivity index (χ3n) is 11.2. The zero-order chi connectivity index (χ0) is 27.1. The lowest BCUT2D eigenvalue weighted by molar-refractivity contribution is -0.310. The Hall–Kier alpha value is -0.890. The fourth-order valence-corrected chi connectivity index (χ4v) is 9.54. The third kappa shape index (κ3) is 3.76. The van der Waals surface area contributed by atoms with Crippen LogP contribution in [0.4, 0.5) is 0 Å². The van der Waals surface area contributed by atoms with Gasteiger partial charge in [0.15, 0.2) is 6.29 Å². The molecule has 4 aliphatic carbocycles. The van der Waals surface area contributed by atoms with Crippen molar-refractivity contribution in [2.24, 2.45) is 34.0 Å². The van der Waals surface area contributed by atoms with Crippen LogP contribution in [0.15, 0.2) is 0 Å². The first-order valence-corrected chi connectivity index (χ1v) is 13.5. The van der Waals surface area contributed by atoms with Crippen LogP contribution in [0.3, 0.4) is 0 Å². The molecule has 212 valence electrons. The molecule has 5 rings (SSSR count). The van der Waals surface area contributed by atoms with E-state index in [1.165, 1.54) is 0 Å². The maximum absolute atomic E-state index is 12.4. The van der Waals surface area contributed by atoms with Gasteiger partial charge in [-0.1, -0.05) is 13.3 Å².